The minimum atomic E-state index is 0.0511. The normalized spacial score (nSPS) is 19.7. The molecule has 0 saturated heterocycles. The van der Waals surface area contributed by atoms with Gasteiger partial charge in [0.25, 0.3) is 0 Å². The monoisotopic (exact) mass is 357 g/mol. The summed E-state index contributed by atoms with van der Waals surface area (Å²) in [5.41, 5.74) is 2.24. The molecular formula is C19H20BrNO. The van der Waals surface area contributed by atoms with Crippen LogP contribution in [0.5, 0.6) is 0 Å². The summed E-state index contributed by atoms with van der Waals surface area (Å²) in [6.45, 7) is 0. The van der Waals surface area contributed by atoms with Gasteiger partial charge in [-0.05, 0) is 42.7 Å². The van der Waals surface area contributed by atoms with E-state index in [4.69, 9.17) is 0 Å². The minimum absolute atomic E-state index is 0.0511. The van der Waals surface area contributed by atoms with E-state index in [1.165, 1.54) is 5.56 Å². The highest BCUT2D eigenvalue weighted by Gasteiger charge is 2.31. The Balaban J connectivity index is 1.88. The van der Waals surface area contributed by atoms with Crippen molar-refractivity contribution < 1.29 is 4.79 Å². The van der Waals surface area contributed by atoms with Crippen molar-refractivity contribution in [3.8, 4) is 0 Å². The van der Waals surface area contributed by atoms with E-state index in [2.05, 4.69) is 33.4 Å². The highest BCUT2D eigenvalue weighted by molar-refractivity contribution is 9.10. The van der Waals surface area contributed by atoms with Crippen LogP contribution in [-0.2, 0) is 4.79 Å². The molecular weight excluding hydrogens is 338 g/mol. The second-order valence-corrected chi connectivity index (χ2v) is 6.77. The van der Waals surface area contributed by atoms with E-state index < -0.39 is 0 Å². The summed E-state index contributed by atoms with van der Waals surface area (Å²) in [6, 6.07) is 18.5. The van der Waals surface area contributed by atoms with Gasteiger partial charge in [-0.2, -0.15) is 0 Å². The molecule has 2 atom stereocenters. The Morgan fingerprint density at radius 3 is 2.41 bits per heavy atom. The molecule has 1 aliphatic rings. The summed E-state index contributed by atoms with van der Waals surface area (Å²) in [6.07, 6.45) is 3.87. The Hall–Kier alpha value is -1.61. The van der Waals surface area contributed by atoms with E-state index in [0.717, 1.165) is 35.8 Å². The highest BCUT2D eigenvalue weighted by atomic mass is 79.9. The maximum absolute atomic E-state index is 12.4. The summed E-state index contributed by atoms with van der Waals surface area (Å²) in [5.74, 6) is 0.463. The SMILES string of the molecule is O=C1CCCC[C@@H]1[C@H](Nc1ccc(Br)cc1)c1ccccc1. The number of benzene rings is 2. The fourth-order valence-corrected chi connectivity index (χ4v) is 3.43. The van der Waals surface area contributed by atoms with Crippen molar-refractivity contribution >= 4 is 27.4 Å². The first-order valence-corrected chi connectivity index (χ1v) is 8.63. The third kappa shape index (κ3) is 3.58. The van der Waals surface area contributed by atoms with Gasteiger partial charge in [0.15, 0.2) is 0 Å². The van der Waals surface area contributed by atoms with Gasteiger partial charge in [0.05, 0.1) is 6.04 Å². The Labute approximate surface area is 140 Å². The van der Waals surface area contributed by atoms with Crippen molar-refractivity contribution in [3.05, 3.63) is 64.6 Å². The fraction of sp³-hybridized carbons (Fsp3) is 0.316. The van der Waals surface area contributed by atoms with E-state index in [9.17, 15) is 4.79 Å². The van der Waals surface area contributed by atoms with Crippen molar-refractivity contribution in [2.24, 2.45) is 5.92 Å². The van der Waals surface area contributed by atoms with Gasteiger partial charge in [-0.1, -0.05) is 52.7 Å². The number of ketones is 1. The van der Waals surface area contributed by atoms with Crippen molar-refractivity contribution in [3.63, 3.8) is 0 Å². The molecule has 3 heteroatoms. The van der Waals surface area contributed by atoms with Gasteiger partial charge < -0.3 is 5.32 Å². The summed E-state index contributed by atoms with van der Waals surface area (Å²) in [4.78, 5) is 12.4. The molecule has 2 aromatic carbocycles. The quantitative estimate of drug-likeness (QED) is 0.797. The maximum Gasteiger partial charge on any atom is 0.138 e. The van der Waals surface area contributed by atoms with E-state index in [1.54, 1.807) is 0 Å². The number of carbonyl (C=O) groups excluding carboxylic acids is 1. The van der Waals surface area contributed by atoms with Crippen molar-refractivity contribution in [1.82, 2.24) is 0 Å². The number of hydrogen-bond donors (Lipinski definition) is 1. The fourth-order valence-electron chi connectivity index (χ4n) is 3.16. The predicted octanol–water partition coefficient (Wildman–Crippen LogP) is 5.36. The van der Waals surface area contributed by atoms with Gasteiger partial charge in [0.1, 0.15) is 5.78 Å². The predicted molar refractivity (Wildman–Crippen MR) is 93.9 cm³/mol. The lowest BCUT2D eigenvalue weighted by molar-refractivity contribution is -0.125. The molecule has 1 N–H and O–H groups in total. The number of nitrogens with one attached hydrogen (secondary N) is 1. The molecule has 114 valence electrons. The number of carbonyl (C=O) groups is 1. The standard InChI is InChI=1S/C19H20BrNO/c20-15-10-12-16(13-11-15)21-19(14-6-2-1-3-7-14)17-8-4-5-9-18(17)22/h1-3,6-7,10-13,17,19,21H,4-5,8-9H2/t17-,19+/m0/s1. The lowest BCUT2D eigenvalue weighted by Crippen LogP contribution is -2.30. The third-order valence-corrected chi connectivity index (χ3v) is 4.86. The van der Waals surface area contributed by atoms with Gasteiger partial charge in [0.2, 0.25) is 0 Å². The summed E-state index contributed by atoms with van der Waals surface area (Å²) >= 11 is 3.46. The van der Waals surface area contributed by atoms with Crippen LogP contribution in [0, 0.1) is 5.92 Å². The third-order valence-electron chi connectivity index (χ3n) is 4.33. The molecule has 0 radical (unpaired) electrons. The van der Waals surface area contributed by atoms with Gasteiger partial charge in [-0.15, -0.1) is 0 Å². The zero-order valence-electron chi connectivity index (χ0n) is 12.5. The molecule has 0 amide bonds. The van der Waals surface area contributed by atoms with Crippen LogP contribution in [0.2, 0.25) is 0 Å². The van der Waals surface area contributed by atoms with Crippen LogP contribution >= 0.6 is 15.9 Å². The molecule has 22 heavy (non-hydrogen) atoms. The smallest absolute Gasteiger partial charge is 0.138 e. The average molecular weight is 358 g/mol. The molecule has 1 saturated carbocycles. The maximum atomic E-state index is 12.4. The average Bonchev–Trinajstić information content (AvgIpc) is 2.56. The second kappa shape index (κ2) is 7.10. The molecule has 0 aliphatic heterocycles. The zero-order chi connectivity index (χ0) is 15.4. The second-order valence-electron chi connectivity index (χ2n) is 5.86. The molecule has 0 spiro atoms. The number of hydrogen-bond acceptors (Lipinski definition) is 2. The van der Waals surface area contributed by atoms with Crippen molar-refractivity contribution in [2.45, 2.75) is 31.7 Å². The summed E-state index contributed by atoms with van der Waals surface area (Å²) < 4.78 is 1.06. The lowest BCUT2D eigenvalue weighted by atomic mass is 9.80. The van der Waals surface area contributed by atoms with Gasteiger partial charge in [0, 0.05) is 22.5 Å². The summed E-state index contributed by atoms with van der Waals surface area (Å²) in [5, 5.41) is 3.58. The van der Waals surface area contributed by atoms with Crippen LogP contribution in [0.25, 0.3) is 0 Å². The number of Topliss-reactive ketones (excluding diaryl/α,β-unsaturated/α-hetero) is 1. The lowest BCUT2D eigenvalue weighted by Gasteiger charge is -2.31. The number of halogens is 1. The largest absolute Gasteiger partial charge is 0.378 e. The van der Waals surface area contributed by atoms with Crippen LogP contribution in [-0.4, -0.2) is 5.78 Å². The molecule has 2 nitrogen and oxygen atoms in total. The van der Waals surface area contributed by atoms with E-state index in [-0.39, 0.29) is 12.0 Å². The Kier molecular flexibility index (Phi) is 4.94. The van der Waals surface area contributed by atoms with Crippen molar-refractivity contribution in [2.75, 3.05) is 5.32 Å². The minimum Gasteiger partial charge on any atom is -0.378 e. The molecule has 0 bridgehead atoms. The first kappa shape index (κ1) is 15.3. The van der Waals surface area contributed by atoms with Gasteiger partial charge in [-0.3, -0.25) is 4.79 Å². The molecule has 0 aromatic heterocycles. The summed E-state index contributed by atoms with van der Waals surface area (Å²) in [7, 11) is 0. The van der Waals surface area contributed by atoms with Crippen LogP contribution in [0.4, 0.5) is 5.69 Å². The molecule has 1 fully saturated rings. The molecule has 3 rings (SSSR count). The number of rotatable bonds is 4. The molecule has 0 unspecified atom stereocenters. The van der Waals surface area contributed by atoms with Crippen LogP contribution in [0.1, 0.15) is 37.3 Å². The van der Waals surface area contributed by atoms with E-state index in [1.807, 2.05) is 42.5 Å². The van der Waals surface area contributed by atoms with E-state index >= 15 is 0 Å². The van der Waals surface area contributed by atoms with E-state index in [0.29, 0.717) is 5.78 Å². The van der Waals surface area contributed by atoms with Crippen LogP contribution in [0.3, 0.4) is 0 Å². The molecule has 1 aliphatic carbocycles. The van der Waals surface area contributed by atoms with Gasteiger partial charge in [-0.25, -0.2) is 0 Å². The Morgan fingerprint density at radius 2 is 1.73 bits per heavy atom. The van der Waals surface area contributed by atoms with Crippen molar-refractivity contribution in [1.29, 1.82) is 0 Å². The Bertz CT molecular complexity index is 624. The highest BCUT2D eigenvalue weighted by Crippen LogP contribution is 2.35. The van der Waals surface area contributed by atoms with Crippen LogP contribution in [0.15, 0.2) is 59.1 Å². The first-order chi connectivity index (χ1) is 10.7. The zero-order valence-corrected chi connectivity index (χ0v) is 14.1. The number of anilines is 1. The molecule has 2 aromatic rings. The topological polar surface area (TPSA) is 29.1 Å². The molecule has 0 heterocycles. The van der Waals surface area contributed by atoms with Gasteiger partial charge >= 0.3 is 0 Å². The Morgan fingerprint density at radius 1 is 1.00 bits per heavy atom. The first-order valence-electron chi connectivity index (χ1n) is 7.84. The van der Waals surface area contributed by atoms with Crippen LogP contribution < -0.4 is 5.32 Å².